The second-order valence-corrected chi connectivity index (χ2v) is 7.31. The van der Waals surface area contributed by atoms with Gasteiger partial charge in [-0.05, 0) is 24.3 Å². The lowest BCUT2D eigenvalue weighted by Crippen LogP contribution is -2.38. The third-order valence-electron chi connectivity index (χ3n) is 3.25. The molecular weight excluding hydrogens is 358 g/mol. The van der Waals surface area contributed by atoms with Crippen molar-refractivity contribution in [1.29, 1.82) is 0 Å². The van der Waals surface area contributed by atoms with Gasteiger partial charge < -0.3 is 5.11 Å². The van der Waals surface area contributed by atoms with Crippen LogP contribution in [0.3, 0.4) is 0 Å². The number of aliphatic carboxylic acids is 1. The van der Waals surface area contributed by atoms with E-state index in [-0.39, 0.29) is 4.90 Å². The van der Waals surface area contributed by atoms with Crippen LogP contribution in [-0.2, 0) is 14.8 Å². The number of carbonyl (C=O) groups is 1. The lowest BCUT2D eigenvalue weighted by Gasteiger charge is -2.31. The molecule has 0 saturated carbocycles. The predicted octanol–water partition coefficient (Wildman–Crippen LogP) is 2.71. The highest BCUT2D eigenvalue weighted by molar-refractivity contribution is 9.10. The lowest BCUT2D eigenvalue weighted by atomic mass is 10.0. The zero-order valence-electron chi connectivity index (χ0n) is 10.7. The van der Waals surface area contributed by atoms with E-state index in [1.165, 1.54) is 6.07 Å². The first-order valence-corrected chi connectivity index (χ1v) is 8.28. The molecule has 0 spiro atoms. The normalized spacial score (nSPS) is 15.2. The Morgan fingerprint density at radius 2 is 1.86 bits per heavy atom. The van der Waals surface area contributed by atoms with Crippen LogP contribution in [0.25, 0.3) is 11.1 Å². The van der Waals surface area contributed by atoms with Crippen molar-refractivity contribution in [3.05, 3.63) is 46.9 Å². The summed E-state index contributed by atoms with van der Waals surface area (Å²) < 4.78 is 27.0. The molecule has 0 bridgehead atoms. The molecule has 5 nitrogen and oxygen atoms in total. The molecular formula is C14H10BrNO4S. The van der Waals surface area contributed by atoms with Gasteiger partial charge in [-0.15, -0.1) is 0 Å². The Bertz CT molecular complexity index is 848. The quantitative estimate of drug-likeness (QED) is 0.885. The minimum Gasteiger partial charge on any atom is -0.480 e. The van der Waals surface area contributed by atoms with Crippen LogP contribution >= 0.6 is 15.9 Å². The third kappa shape index (κ3) is 2.22. The Balaban J connectivity index is 2.35. The highest BCUT2D eigenvalue weighted by atomic mass is 79.9. The Morgan fingerprint density at radius 3 is 2.57 bits per heavy atom. The number of sulfonamides is 1. The molecule has 0 amide bonds. The monoisotopic (exact) mass is 367 g/mol. The van der Waals surface area contributed by atoms with Crippen molar-refractivity contribution in [3.63, 3.8) is 0 Å². The van der Waals surface area contributed by atoms with Crippen molar-refractivity contribution in [2.24, 2.45) is 0 Å². The van der Waals surface area contributed by atoms with E-state index in [9.17, 15) is 13.2 Å². The summed E-state index contributed by atoms with van der Waals surface area (Å²) in [5, 5.41) is 9.01. The SMILES string of the molecule is O=C(O)CN1c2ccc(Br)cc2-c2ccccc2S1(=O)=O. The van der Waals surface area contributed by atoms with Crippen molar-refractivity contribution >= 4 is 37.6 Å². The van der Waals surface area contributed by atoms with Gasteiger partial charge in [-0.2, -0.15) is 0 Å². The third-order valence-corrected chi connectivity index (χ3v) is 5.56. The Hall–Kier alpha value is -1.86. The van der Waals surface area contributed by atoms with Crippen LogP contribution in [0.15, 0.2) is 51.8 Å². The molecule has 3 rings (SSSR count). The summed E-state index contributed by atoms with van der Waals surface area (Å²) in [6.45, 7) is -0.606. The number of anilines is 1. The van der Waals surface area contributed by atoms with E-state index in [1.807, 2.05) is 0 Å². The van der Waals surface area contributed by atoms with Crippen LogP contribution in [0.4, 0.5) is 5.69 Å². The average molecular weight is 368 g/mol. The van der Waals surface area contributed by atoms with Crippen molar-refractivity contribution in [2.45, 2.75) is 4.90 Å². The smallest absolute Gasteiger partial charge is 0.324 e. The van der Waals surface area contributed by atoms with Gasteiger partial charge >= 0.3 is 5.97 Å². The Labute approximate surface area is 130 Å². The first-order valence-electron chi connectivity index (χ1n) is 6.05. The lowest BCUT2D eigenvalue weighted by molar-refractivity contribution is -0.135. The second kappa shape index (κ2) is 4.85. The molecule has 0 aliphatic carbocycles. The number of hydrogen-bond donors (Lipinski definition) is 1. The number of rotatable bonds is 2. The highest BCUT2D eigenvalue weighted by Crippen LogP contribution is 2.43. The summed E-state index contributed by atoms with van der Waals surface area (Å²) in [4.78, 5) is 11.2. The van der Waals surface area contributed by atoms with Crippen LogP contribution < -0.4 is 4.31 Å². The van der Waals surface area contributed by atoms with E-state index in [0.29, 0.717) is 16.8 Å². The maximum Gasteiger partial charge on any atom is 0.324 e. The molecule has 0 fully saturated rings. The molecule has 1 heterocycles. The molecule has 0 atom stereocenters. The summed E-state index contributed by atoms with van der Waals surface area (Å²) in [6.07, 6.45) is 0. The number of hydrogen-bond acceptors (Lipinski definition) is 3. The molecule has 108 valence electrons. The maximum atomic E-state index is 12.6. The molecule has 0 unspecified atom stereocenters. The number of carboxylic acid groups (broad SMARTS) is 1. The predicted molar refractivity (Wildman–Crippen MR) is 81.7 cm³/mol. The molecule has 0 aromatic heterocycles. The van der Waals surface area contributed by atoms with E-state index in [4.69, 9.17) is 5.11 Å². The first kappa shape index (κ1) is 14.1. The highest BCUT2D eigenvalue weighted by Gasteiger charge is 2.35. The van der Waals surface area contributed by atoms with Gasteiger partial charge in [0.1, 0.15) is 6.54 Å². The van der Waals surface area contributed by atoms with Gasteiger partial charge in [0.15, 0.2) is 0 Å². The minimum absolute atomic E-state index is 0.122. The molecule has 2 aromatic rings. The summed E-state index contributed by atoms with van der Waals surface area (Å²) in [6, 6.07) is 11.7. The summed E-state index contributed by atoms with van der Waals surface area (Å²) >= 11 is 3.36. The topological polar surface area (TPSA) is 74.7 Å². The Kier molecular flexibility index (Phi) is 3.26. The average Bonchev–Trinajstić information content (AvgIpc) is 2.44. The van der Waals surface area contributed by atoms with Crippen LogP contribution in [0.1, 0.15) is 0 Å². The minimum atomic E-state index is -3.87. The molecule has 21 heavy (non-hydrogen) atoms. The van der Waals surface area contributed by atoms with Gasteiger partial charge in [-0.25, -0.2) is 8.42 Å². The van der Waals surface area contributed by atoms with Crippen LogP contribution in [0, 0.1) is 0 Å². The van der Waals surface area contributed by atoms with Gasteiger partial charge in [0.25, 0.3) is 10.0 Å². The molecule has 1 N–H and O–H groups in total. The maximum absolute atomic E-state index is 12.6. The fourth-order valence-electron chi connectivity index (χ4n) is 2.40. The molecule has 7 heteroatoms. The molecule has 1 aliphatic heterocycles. The second-order valence-electron chi connectivity index (χ2n) is 4.56. The largest absolute Gasteiger partial charge is 0.480 e. The number of halogens is 1. The summed E-state index contributed by atoms with van der Waals surface area (Å²) in [7, 11) is -3.87. The number of fused-ring (bicyclic) bond motifs is 3. The molecule has 0 radical (unpaired) electrons. The number of carboxylic acids is 1. The van der Waals surface area contributed by atoms with Gasteiger partial charge in [-0.1, -0.05) is 34.1 Å². The summed E-state index contributed by atoms with van der Waals surface area (Å²) in [5.74, 6) is -1.20. The van der Waals surface area contributed by atoms with Crippen molar-refractivity contribution < 1.29 is 18.3 Å². The van der Waals surface area contributed by atoms with Crippen LogP contribution in [0.2, 0.25) is 0 Å². The number of benzene rings is 2. The van der Waals surface area contributed by atoms with E-state index < -0.39 is 22.5 Å². The standard InChI is InChI=1S/C14H10BrNO4S/c15-9-5-6-12-11(7-9)10-3-1-2-4-13(10)21(19,20)16(12)8-14(17)18/h1-7H,8H2,(H,17,18). The summed E-state index contributed by atoms with van der Waals surface area (Å²) in [5.41, 5.74) is 1.64. The van der Waals surface area contributed by atoms with Gasteiger partial charge in [0.2, 0.25) is 0 Å². The van der Waals surface area contributed by atoms with Gasteiger partial charge in [-0.3, -0.25) is 9.10 Å². The molecule has 0 saturated heterocycles. The van der Waals surface area contributed by atoms with Crippen molar-refractivity contribution in [1.82, 2.24) is 0 Å². The zero-order chi connectivity index (χ0) is 15.2. The Morgan fingerprint density at radius 1 is 1.14 bits per heavy atom. The van der Waals surface area contributed by atoms with E-state index in [1.54, 1.807) is 36.4 Å². The number of nitrogens with zero attached hydrogens (tertiary/aromatic N) is 1. The van der Waals surface area contributed by atoms with Crippen LogP contribution in [-0.4, -0.2) is 26.0 Å². The van der Waals surface area contributed by atoms with E-state index in [0.717, 1.165) is 8.78 Å². The van der Waals surface area contributed by atoms with Gasteiger partial charge in [0, 0.05) is 15.6 Å². The van der Waals surface area contributed by atoms with E-state index in [2.05, 4.69) is 15.9 Å². The van der Waals surface area contributed by atoms with Crippen molar-refractivity contribution in [2.75, 3.05) is 10.8 Å². The van der Waals surface area contributed by atoms with Crippen LogP contribution in [0.5, 0.6) is 0 Å². The fourth-order valence-corrected chi connectivity index (χ4v) is 4.40. The molecule has 1 aliphatic rings. The fraction of sp³-hybridized carbons (Fsp3) is 0.0714. The zero-order valence-corrected chi connectivity index (χ0v) is 13.1. The molecule has 2 aromatic carbocycles. The first-order chi connectivity index (χ1) is 9.91. The van der Waals surface area contributed by atoms with Gasteiger partial charge in [0.05, 0.1) is 10.6 Å². The van der Waals surface area contributed by atoms with Crippen molar-refractivity contribution in [3.8, 4) is 11.1 Å². The van der Waals surface area contributed by atoms with E-state index >= 15 is 0 Å².